The first-order chi connectivity index (χ1) is 8.19. The Hall–Kier alpha value is -1.09. The highest BCUT2D eigenvalue weighted by Gasteiger charge is 2.21. The van der Waals surface area contributed by atoms with Gasteiger partial charge >= 0.3 is 0 Å². The Morgan fingerprint density at radius 2 is 2.00 bits per heavy atom. The third-order valence-electron chi connectivity index (χ3n) is 3.58. The van der Waals surface area contributed by atoms with Crippen LogP contribution < -0.4 is 0 Å². The van der Waals surface area contributed by atoms with Crippen LogP contribution in [0.4, 0.5) is 4.39 Å². The fourth-order valence-corrected chi connectivity index (χ4v) is 2.73. The van der Waals surface area contributed by atoms with Gasteiger partial charge in [-0.2, -0.15) is 0 Å². The second-order valence-corrected chi connectivity index (χ2v) is 4.82. The lowest BCUT2D eigenvalue weighted by Crippen LogP contribution is -2.32. The molecule has 17 heavy (non-hydrogen) atoms. The minimum Gasteiger partial charge on any atom is -0.508 e. The maximum absolute atomic E-state index is 13.2. The molecule has 2 nitrogen and oxygen atoms in total. The predicted octanol–water partition coefficient (Wildman–Crippen LogP) is 3.30. The lowest BCUT2D eigenvalue weighted by Gasteiger charge is -2.27. The number of hydrogen-bond acceptors (Lipinski definition) is 2. The average molecular weight is 237 g/mol. The van der Waals surface area contributed by atoms with Gasteiger partial charge in [-0.15, -0.1) is 0 Å². The molecule has 1 aromatic carbocycles. The van der Waals surface area contributed by atoms with Crippen molar-refractivity contribution >= 4 is 0 Å². The summed E-state index contributed by atoms with van der Waals surface area (Å²) in [4.78, 5) is 2.38. The van der Waals surface area contributed by atoms with Gasteiger partial charge in [-0.1, -0.05) is 19.8 Å². The van der Waals surface area contributed by atoms with E-state index in [4.69, 9.17) is 0 Å². The Morgan fingerprint density at radius 3 is 2.59 bits per heavy atom. The molecular weight excluding hydrogens is 217 g/mol. The fraction of sp³-hybridized carbons (Fsp3) is 0.571. The van der Waals surface area contributed by atoms with Crippen molar-refractivity contribution in [1.29, 1.82) is 0 Å². The van der Waals surface area contributed by atoms with Crippen LogP contribution in [0.3, 0.4) is 0 Å². The number of phenolic OH excluding ortho intramolecular Hbond substituents is 1. The molecule has 3 heteroatoms. The van der Waals surface area contributed by atoms with E-state index < -0.39 is 0 Å². The summed E-state index contributed by atoms with van der Waals surface area (Å²) in [6.07, 6.45) is 5.09. The highest BCUT2D eigenvalue weighted by Crippen LogP contribution is 2.25. The van der Waals surface area contributed by atoms with Crippen LogP contribution in [0.15, 0.2) is 18.2 Å². The van der Waals surface area contributed by atoms with E-state index in [0.717, 1.165) is 24.7 Å². The van der Waals surface area contributed by atoms with Gasteiger partial charge in [0.25, 0.3) is 0 Å². The molecule has 0 heterocycles. The third kappa shape index (κ3) is 3.19. The SMILES string of the molecule is CCN(Cc1cc(O)cc(F)c1)C1CCCC1. The Bertz CT molecular complexity index is 354. The van der Waals surface area contributed by atoms with Gasteiger partial charge in [-0.3, -0.25) is 4.90 Å². The topological polar surface area (TPSA) is 23.5 Å². The van der Waals surface area contributed by atoms with Gasteiger partial charge in [-0.25, -0.2) is 4.39 Å². The molecule has 94 valence electrons. The first kappa shape index (κ1) is 12.4. The molecule has 1 aliphatic carbocycles. The largest absolute Gasteiger partial charge is 0.508 e. The van der Waals surface area contributed by atoms with E-state index >= 15 is 0 Å². The van der Waals surface area contributed by atoms with Gasteiger partial charge in [-0.05, 0) is 37.1 Å². The van der Waals surface area contributed by atoms with E-state index in [1.54, 1.807) is 6.07 Å². The van der Waals surface area contributed by atoms with Gasteiger partial charge in [0.2, 0.25) is 0 Å². The van der Waals surface area contributed by atoms with Crippen molar-refractivity contribution in [2.24, 2.45) is 0 Å². The maximum Gasteiger partial charge on any atom is 0.127 e. The highest BCUT2D eigenvalue weighted by atomic mass is 19.1. The average Bonchev–Trinajstić information content (AvgIpc) is 2.77. The minimum atomic E-state index is -0.359. The molecule has 0 unspecified atom stereocenters. The van der Waals surface area contributed by atoms with Crippen molar-refractivity contribution in [3.05, 3.63) is 29.6 Å². The van der Waals surface area contributed by atoms with Crippen LogP contribution in [-0.4, -0.2) is 22.6 Å². The molecule has 0 aliphatic heterocycles. The molecule has 0 spiro atoms. The van der Waals surface area contributed by atoms with Crippen molar-refractivity contribution in [2.45, 2.75) is 45.2 Å². The van der Waals surface area contributed by atoms with E-state index in [2.05, 4.69) is 11.8 Å². The lowest BCUT2D eigenvalue weighted by atomic mass is 10.1. The second-order valence-electron chi connectivity index (χ2n) is 4.82. The summed E-state index contributed by atoms with van der Waals surface area (Å²) in [6, 6.07) is 4.94. The van der Waals surface area contributed by atoms with Gasteiger partial charge in [0.1, 0.15) is 11.6 Å². The van der Waals surface area contributed by atoms with E-state index in [1.807, 2.05) is 0 Å². The Kier molecular flexibility index (Phi) is 4.00. The molecule has 0 saturated heterocycles. The number of halogens is 1. The van der Waals surface area contributed by atoms with Crippen LogP contribution in [0.5, 0.6) is 5.75 Å². The predicted molar refractivity (Wildman–Crippen MR) is 66.4 cm³/mol. The van der Waals surface area contributed by atoms with Crippen LogP contribution in [0.25, 0.3) is 0 Å². The van der Waals surface area contributed by atoms with Gasteiger partial charge < -0.3 is 5.11 Å². The number of hydrogen-bond donors (Lipinski definition) is 1. The molecule has 1 saturated carbocycles. The standard InChI is InChI=1S/C14H20FNO/c1-2-16(13-5-3-4-6-13)10-11-7-12(15)9-14(17)8-11/h7-9,13,17H,2-6,10H2,1H3. The quantitative estimate of drug-likeness (QED) is 0.868. The Labute approximate surface area is 102 Å². The highest BCUT2D eigenvalue weighted by molar-refractivity contribution is 5.28. The van der Waals surface area contributed by atoms with Crippen LogP contribution in [0.2, 0.25) is 0 Å². The number of benzene rings is 1. The molecule has 0 amide bonds. The molecule has 1 aliphatic rings. The molecule has 0 atom stereocenters. The Morgan fingerprint density at radius 1 is 1.29 bits per heavy atom. The molecule has 1 N–H and O–H groups in total. The Balaban J connectivity index is 2.06. The van der Waals surface area contributed by atoms with Crippen LogP contribution in [-0.2, 0) is 6.54 Å². The van der Waals surface area contributed by atoms with Crippen molar-refractivity contribution in [3.63, 3.8) is 0 Å². The van der Waals surface area contributed by atoms with Crippen molar-refractivity contribution in [3.8, 4) is 5.75 Å². The lowest BCUT2D eigenvalue weighted by molar-refractivity contribution is 0.200. The van der Waals surface area contributed by atoms with Crippen molar-refractivity contribution in [1.82, 2.24) is 4.90 Å². The molecule has 0 aromatic heterocycles. The van der Waals surface area contributed by atoms with E-state index in [-0.39, 0.29) is 11.6 Å². The van der Waals surface area contributed by atoms with Gasteiger partial charge in [0.15, 0.2) is 0 Å². The first-order valence-electron chi connectivity index (χ1n) is 6.41. The van der Waals surface area contributed by atoms with Gasteiger partial charge in [0, 0.05) is 18.7 Å². The molecule has 1 fully saturated rings. The second kappa shape index (κ2) is 5.50. The monoisotopic (exact) mass is 237 g/mol. The summed E-state index contributed by atoms with van der Waals surface area (Å²) in [5.74, 6) is -0.343. The summed E-state index contributed by atoms with van der Waals surface area (Å²) in [5.41, 5.74) is 0.858. The van der Waals surface area contributed by atoms with Gasteiger partial charge in [0.05, 0.1) is 0 Å². The van der Waals surface area contributed by atoms with Crippen LogP contribution in [0.1, 0.15) is 38.2 Å². The zero-order chi connectivity index (χ0) is 12.3. The van der Waals surface area contributed by atoms with Crippen molar-refractivity contribution in [2.75, 3.05) is 6.54 Å². The zero-order valence-electron chi connectivity index (χ0n) is 10.3. The summed E-state index contributed by atoms with van der Waals surface area (Å²) < 4.78 is 13.2. The number of rotatable bonds is 4. The third-order valence-corrected chi connectivity index (χ3v) is 3.58. The molecule has 1 aromatic rings. The number of nitrogens with zero attached hydrogens (tertiary/aromatic N) is 1. The van der Waals surface area contributed by atoms with E-state index in [9.17, 15) is 9.50 Å². The minimum absolute atomic E-state index is 0.0162. The summed E-state index contributed by atoms with van der Waals surface area (Å²) in [5, 5.41) is 9.39. The molecule has 2 rings (SSSR count). The van der Waals surface area contributed by atoms with Crippen LogP contribution >= 0.6 is 0 Å². The maximum atomic E-state index is 13.2. The zero-order valence-corrected chi connectivity index (χ0v) is 10.3. The van der Waals surface area contributed by atoms with Crippen molar-refractivity contribution < 1.29 is 9.50 Å². The normalized spacial score (nSPS) is 16.9. The number of phenols is 1. The molecule has 0 radical (unpaired) electrons. The van der Waals surface area contributed by atoms with E-state index in [0.29, 0.717) is 6.04 Å². The summed E-state index contributed by atoms with van der Waals surface area (Å²) in [6.45, 7) is 3.84. The molecule has 0 bridgehead atoms. The fourth-order valence-electron chi connectivity index (χ4n) is 2.73. The first-order valence-corrected chi connectivity index (χ1v) is 6.41. The molecular formula is C14H20FNO. The smallest absolute Gasteiger partial charge is 0.127 e. The summed E-state index contributed by atoms with van der Waals surface area (Å²) in [7, 11) is 0. The van der Waals surface area contributed by atoms with E-state index in [1.165, 1.54) is 31.7 Å². The summed E-state index contributed by atoms with van der Waals surface area (Å²) >= 11 is 0. The number of aromatic hydroxyl groups is 1. The van der Waals surface area contributed by atoms with Crippen LogP contribution in [0, 0.1) is 5.82 Å².